The van der Waals surface area contributed by atoms with Crippen LogP contribution in [-0.2, 0) is 12.0 Å². The third kappa shape index (κ3) is 4.15. The highest BCUT2D eigenvalue weighted by Crippen LogP contribution is 2.48. The number of benzene rings is 2. The van der Waals surface area contributed by atoms with Crippen molar-refractivity contribution in [2.75, 3.05) is 26.0 Å². The molecule has 0 atom stereocenters. The molecule has 2 aromatic carbocycles. The van der Waals surface area contributed by atoms with Crippen LogP contribution in [0.5, 0.6) is 0 Å². The molecule has 1 aliphatic heterocycles. The lowest BCUT2D eigenvalue weighted by molar-refractivity contribution is 0.0642. The lowest BCUT2D eigenvalue weighted by Crippen LogP contribution is -2.30. The Labute approximate surface area is 207 Å². The van der Waals surface area contributed by atoms with E-state index in [1.54, 1.807) is 30.3 Å². The van der Waals surface area contributed by atoms with E-state index in [1.165, 1.54) is 10.5 Å². The number of anilines is 1. The lowest BCUT2D eigenvalue weighted by Gasteiger charge is -2.22. The number of nitrogens with zero attached hydrogens (tertiary/aromatic N) is 2. The maximum absolute atomic E-state index is 13.3. The van der Waals surface area contributed by atoms with E-state index in [9.17, 15) is 14.4 Å². The van der Waals surface area contributed by atoms with E-state index in [4.69, 9.17) is 11.6 Å². The standard InChI is InChI=1S/C26H24ClN3O3S/c1-29(2)15-26(11-12-26)17-6-3-5-16(13-17)14-30-24(32)18-7-4-8-19(22(18)25(30)33)28-23(31)20-9-10-21(27)34-20/h3-10,13H,11-12,14-15H2,1-2H3,(H,28,31). The Morgan fingerprint density at radius 1 is 1.09 bits per heavy atom. The summed E-state index contributed by atoms with van der Waals surface area (Å²) in [6.45, 7) is 1.16. The van der Waals surface area contributed by atoms with Crippen molar-refractivity contribution in [3.05, 3.63) is 86.1 Å². The predicted octanol–water partition coefficient (Wildman–Crippen LogP) is 5.04. The highest BCUT2D eigenvalue weighted by Gasteiger charge is 2.44. The van der Waals surface area contributed by atoms with E-state index >= 15 is 0 Å². The van der Waals surface area contributed by atoms with Crippen LogP contribution in [0.15, 0.2) is 54.6 Å². The smallest absolute Gasteiger partial charge is 0.265 e. The summed E-state index contributed by atoms with van der Waals surface area (Å²) in [4.78, 5) is 43.0. The molecule has 0 unspecified atom stereocenters. The molecule has 1 aliphatic carbocycles. The van der Waals surface area contributed by atoms with Gasteiger partial charge in [0.05, 0.1) is 32.6 Å². The highest BCUT2D eigenvalue weighted by atomic mass is 35.5. The number of halogens is 1. The average molecular weight is 494 g/mol. The first-order chi connectivity index (χ1) is 16.3. The fraction of sp³-hybridized carbons (Fsp3) is 0.269. The molecule has 3 amide bonds. The van der Waals surface area contributed by atoms with Crippen LogP contribution in [0.1, 0.15) is 54.4 Å². The molecule has 0 bridgehead atoms. The third-order valence-corrected chi connectivity index (χ3v) is 7.63. The zero-order chi connectivity index (χ0) is 24.0. The molecule has 2 heterocycles. The van der Waals surface area contributed by atoms with E-state index < -0.39 is 5.91 Å². The summed E-state index contributed by atoms with van der Waals surface area (Å²) in [6.07, 6.45) is 2.28. The van der Waals surface area contributed by atoms with Gasteiger partial charge in [0.1, 0.15) is 0 Å². The fourth-order valence-corrected chi connectivity index (χ4v) is 5.62. The number of thiophene rings is 1. The molecular weight excluding hydrogens is 470 g/mol. The first-order valence-corrected chi connectivity index (χ1v) is 12.3. The van der Waals surface area contributed by atoms with Gasteiger partial charge in [-0.15, -0.1) is 11.3 Å². The second-order valence-corrected chi connectivity index (χ2v) is 10.9. The summed E-state index contributed by atoms with van der Waals surface area (Å²) < 4.78 is 0.502. The van der Waals surface area contributed by atoms with E-state index in [1.807, 2.05) is 12.1 Å². The quantitative estimate of drug-likeness (QED) is 0.468. The largest absolute Gasteiger partial charge is 0.321 e. The van der Waals surface area contributed by atoms with Crippen LogP contribution < -0.4 is 5.32 Å². The van der Waals surface area contributed by atoms with Crippen molar-refractivity contribution in [2.45, 2.75) is 24.8 Å². The van der Waals surface area contributed by atoms with Gasteiger partial charge < -0.3 is 10.2 Å². The van der Waals surface area contributed by atoms with Crippen LogP contribution in [-0.4, -0.2) is 48.2 Å². The van der Waals surface area contributed by atoms with Gasteiger partial charge in [0.15, 0.2) is 0 Å². The zero-order valence-corrected chi connectivity index (χ0v) is 20.5. The van der Waals surface area contributed by atoms with E-state index in [0.717, 1.165) is 36.3 Å². The highest BCUT2D eigenvalue weighted by molar-refractivity contribution is 7.18. The van der Waals surface area contributed by atoms with Crippen molar-refractivity contribution in [2.24, 2.45) is 0 Å². The van der Waals surface area contributed by atoms with Crippen LogP contribution in [0.2, 0.25) is 4.34 Å². The second kappa shape index (κ2) is 8.65. The molecule has 1 saturated carbocycles. The Kier molecular flexibility index (Phi) is 5.80. The Morgan fingerprint density at radius 2 is 1.85 bits per heavy atom. The van der Waals surface area contributed by atoms with Crippen LogP contribution in [0.25, 0.3) is 0 Å². The van der Waals surface area contributed by atoms with Gasteiger partial charge >= 0.3 is 0 Å². The van der Waals surface area contributed by atoms with Gasteiger partial charge in [0, 0.05) is 12.0 Å². The fourth-order valence-electron chi connectivity index (χ4n) is 4.68. The summed E-state index contributed by atoms with van der Waals surface area (Å²) in [5, 5.41) is 2.77. The summed E-state index contributed by atoms with van der Waals surface area (Å²) in [5.41, 5.74) is 3.17. The minimum atomic E-state index is -0.403. The summed E-state index contributed by atoms with van der Waals surface area (Å²) >= 11 is 7.09. The molecule has 0 radical (unpaired) electrons. The van der Waals surface area contributed by atoms with Crippen molar-refractivity contribution < 1.29 is 14.4 Å². The Morgan fingerprint density at radius 3 is 2.53 bits per heavy atom. The zero-order valence-electron chi connectivity index (χ0n) is 18.9. The molecule has 0 spiro atoms. The number of rotatable bonds is 7. The van der Waals surface area contributed by atoms with Crippen molar-refractivity contribution in [1.29, 1.82) is 0 Å². The molecule has 34 heavy (non-hydrogen) atoms. The topological polar surface area (TPSA) is 69.7 Å². The Hall–Kier alpha value is -3.00. The number of nitrogens with one attached hydrogen (secondary N) is 1. The summed E-state index contributed by atoms with van der Waals surface area (Å²) in [6, 6.07) is 16.4. The summed E-state index contributed by atoms with van der Waals surface area (Å²) in [5.74, 6) is -1.12. The van der Waals surface area contributed by atoms with Crippen LogP contribution in [0.4, 0.5) is 5.69 Å². The number of fused-ring (bicyclic) bond motifs is 1. The van der Waals surface area contributed by atoms with Gasteiger partial charge in [-0.25, -0.2) is 0 Å². The first kappa shape index (κ1) is 22.8. The Bertz CT molecular complexity index is 1310. The van der Waals surface area contributed by atoms with Gasteiger partial charge in [0.2, 0.25) is 0 Å². The number of imide groups is 1. The van der Waals surface area contributed by atoms with Gasteiger partial charge in [-0.05, 0) is 62.3 Å². The number of carbonyl (C=O) groups is 3. The number of hydrogen-bond acceptors (Lipinski definition) is 5. The third-order valence-electron chi connectivity index (χ3n) is 6.40. The summed E-state index contributed by atoms with van der Waals surface area (Å²) in [7, 11) is 4.15. The number of carbonyl (C=O) groups excluding carboxylic acids is 3. The molecule has 8 heteroatoms. The van der Waals surface area contributed by atoms with Gasteiger partial charge in [-0.2, -0.15) is 0 Å². The normalized spacial score (nSPS) is 16.2. The minimum absolute atomic E-state index is 0.156. The molecule has 6 nitrogen and oxygen atoms in total. The van der Waals surface area contributed by atoms with Crippen molar-refractivity contribution in [1.82, 2.24) is 9.80 Å². The Balaban J connectivity index is 1.38. The van der Waals surface area contributed by atoms with Crippen LogP contribution in [0.3, 0.4) is 0 Å². The number of likely N-dealkylation sites (N-methyl/N-ethyl adjacent to an activating group) is 1. The monoisotopic (exact) mass is 493 g/mol. The van der Waals surface area contributed by atoms with Crippen molar-refractivity contribution >= 4 is 46.3 Å². The average Bonchev–Trinajstić information content (AvgIpc) is 3.38. The molecule has 1 fully saturated rings. The lowest BCUT2D eigenvalue weighted by atomic mass is 9.94. The minimum Gasteiger partial charge on any atom is -0.321 e. The van der Waals surface area contributed by atoms with Gasteiger partial charge in [-0.1, -0.05) is 41.9 Å². The molecule has 5 rings (SSSR count). The molecule has 0 saturated heterocycles. The maximum Gasteiger partial charge on any atom is 0.265 e. The van der Waals surface area contributed by atoms with E-state index in [0.29, 0.717) is 20.5 Å². The molecular formula is C26H24ClN3O3S. The second-order valence-electron chi connectivity index (χ2n) is 9.20. The molecule has 2 aliphatic rings. The van der Waals surface area contributed by atoms with E-state index in [2.05, 4.69) is 36.4 Å². The molecule has 174 valence electrons. The molecule has 1 aromatic heterocycles. The van der Waals surface area contributed by atoms with Crippen LogP contribution >= 0.6 is 22.9 Å². The number of amides is 3. The van der Waals surface area contributed by atoms with E-state index in [-0.39, 0.29) is 29.3 Å². The number of hydrogen-bond donors (Lipinski definition) is 1. The first-order valence-electron chi connectivity index (χ1n) is 11.1. The van der Waals surface area contributed by atoms with Gasteiger partial charge in [0.25, 0.3) is 17.7 Å². The predicted molar refractivity (Wildman–Crippen MR) is 134 cm³/mol. The van der Waals surface area contributed by atoms with Gasteiger partial charge in [-0.3, -0.25) is 19.3 Å². The van der Waals surface area contributed by atoms with Crippen LogP contribution in [0, 0.1) is 0 Å². The van der Waals surface area contributed by atoms with Crippen molar-refractivity contribution in [3.8, 4) is 0 Å². The molecule has 3 aromatic rings. The maximum atomic E-state index is 13.3. The molecule has 1 N–H and O–H groups in total. The van der Waals surface area contributed by atoms with Crippen molar-refractivity contribution in [3.63, 3.8) is 0 Å². The SMILES string of the molecule is CN(C)CC1(c2cccc(CN3C(=O)c4cccc(NC(=O)c5ccc(Cl)s5)c4C3=O)c2)CC1.